The van der Waals surface area contributed by atoms with E-state index in [9.17, 15) is 18.8 Å². The van der Waals surface area contributed by atoms with Crippen molar-refractivity contribution >= 4 is 17.8 Å². The normalized spacial score (nSPS) is 25.3. The lowest BCUT2D eigenvalue weighted by Crippen LogP contribution is -2.54. The fraction of sp³-hybridized carbons (Fsp3) is 0.609. The number of halogens is 1. The van der Waals surface area contributed by atoms with Crippen LogP contribution in [0.4, 0.5) is 9.18 Å². The monoisotopic (exact) mass is 446 g/mol. The van der Waals surface area contributed by atoms with Gasteiger partial charge in [0.05, 0.1) is 19.6 Å². The van der Waals surface area contributed by atoms with Crippen LogP contribution in [0.1, 0.15) is 25.3 Å². The van der Waals surface area contributed by atoms with Crippen molar-refractivity contribution in [2.45, 2.75) is 31.7 Å². The Bertz CT molecular complexity index is 867. The number of hydrogen-bond acceptors (Lipinski definition) is 5. The standard InChI is InChI=1S/C23H31FN4O4/c1-23(21(30)28(22(31)25-23)10-9-26-11-13-32-14-12-26)18-5-7-27(8-6-18)20(29)16-17-3-2-4-19(24)15-17/h2-4,15,18H,5-14,16H2,1H3,(H,25,31)/t23-/m1/s1. The number of carbonyl (C=O) groups is 3. The Hall–Kier alpha value is -2.52. The van der Waals surface area contributed by atoms with Gasteiger partial charge in [0.25, 0.3) is 5.91 Å². The molecule has 0 aromatic heterocycles. The topological polar surface area (TPSA) is 82.2 Å². The van der Waals surface area contributed by atoms with E-state index in [2.05, 4.69) is 10.2 Å². The average Bonchev–Trinajstić information content (AvgIpc) is 3.02. The van der Waals surface area contributed by atoms with Crippen LogP contribution in [0.25, 0.3) is 0 Å². The molecule has 3 heterocycles. The number of carbonyl (C=O) groups excluding carboxylic acids is 3. The molecule has 3 aliphatic rings. The summed E-state index contributed by atoms with van der Waals surface area (Å²) in [6, 6.07) is 5.74. The fourth-order valence-electron chi connectivity index (χ4n) is 4.90. The summed E-state index contributed by atoms with van der Waals surface area (Å²) >= 11 is 0. The zero-order valence-corrected chi connectivity index (χ0v) is 18.5. The number of ether oxygens (including phenoxy) is 1. The second-order valence-corrected chi connectivity index (χ2v) is 9.01. The maximum atomic E-state index is 13.4. The predicted molar refractivity (Wildman–Crippen MR) is 115 cm³/mol. The zero-order chi connectivity index (χ0) is 22.7. The number of rotatable bonds is 6. The molecule has 3 fully saturated rings. The number of amides is 4. The van der Waals surface area contributed by atoms with E-state index >= 15 is 0 Å². The third-order valence-corrected chi connectivity index (χ3v) is 6.95. The minimum atomic E-state index is -0.945. The molecule has 1 N–H and O–H groups in total. The predicted octanol–water partition coefficient (Wildman–Crippen LogP) is 1.25. The van der Waals surface area contributed by atoms with Gasteiger partial charge < -0.3 is 15.0 Å². The second-order valence-electron chi connectivity index (χ2n) is 9.01. The van der Waals surface area contributed by atoms with Gasteiger partial charge in [-0.25, -0.2) is 9.18 Å². The van der Waals surface area contributed by atoms with Gasteiger partial charge in [0.2, 0.25) is 5.91 Å². The van der Waals surface area contributed by atoms with Gasteiger partial charge >= 0.3 is 6.03 Å². The number of imide groups is 1. The van der Waals surface area contributed by atoms with Gasteiger partial charge in [-0.1, -0.05) is 12.1 Å². The average molecular weight is 447 g/mol. The molecule has 4 amide bonds. The molecule has 3 aliphatic heterocycles. The molecule has 0 unspecified atom stereocenters. The van der Waals surface area contributed by atoms with Crippen LogP contribution in [0, 0.1) is 11.7 Å². The fourth-order valence-corrected chi connectivity index (χ4v) is 4.90. The number of likely N-dealkylation sites (tertiary alicyclic amines) is 1. The van der Waals surface area contributed by atoms with E-state index in [0.717, 1.165) is 13.1 Å². The molecule has 0 bridgehead atoms. The highest BCUT2D eigenvalue weighted by Gasteiger charge is 2.52. The number of nitrogens with zero attached hydrogens (tertiary/aromatic N) is 3. The van der Waals surface area contributed by atoms with Crippen molar-refractivity contribution < 1.29 is 23.5 Å². The van der Waals surface area contributed by atoms with Crippen LogP contribution >= 0.6 is 0 Å². The van der Waals surface area contributed by atoms with Gasteiger partial charge in [-0.3, -0.25) is 19.4 Å². The summed E-state index contributed by atoms with van der Waals surface area (Å²) in [5, 5.41) is 2.93. The maximum Gasteiger partial charge on any atom is 0.325 e. The highest BCUT2D eigenvalue weighted by atomic mass is 19.1. The Morgan fingerprint density at radius 1 is 1.16 bits per heavy atom. The third kappa shape index (κ3) is 4.78. The molecule has 0 aliphatic carbocycles. The summed E-state index contributed by atoms with van der Waals surface area (Å²) in [6.45, 7) is 6.82. The van der Waals surface area contributed by atoms with E-state index in [1.165, 1.54) is 17.0 Å². The Balaban J connectivity index is 1.30. The number of benzene rings is 1. The summed E-state index contributed by atoms with van der Waals surface area (Å²) in [5.74, 6) is -0.616. The third-order valence-electron chi connectivity index (χ3n) is 6.95. The molecule has 1 aromatic rings. The summed E-state index contributed by atoms with van der Waals surface area (Å²) in [7, 11) is 0. The SMILES string of the molecule is C[C@]1(C2CCN(C(=O)Cc3cccc(F)c3)CC2)NC(=O)N(CCN2CCOCC2)C1=O. The molecule has 8 nitrogen and oxygen atoms in total. The maximum absolute atomic E-state index is 13.4. The Labute approximate surface area is 187 Å². The van der Waals surface area contributed by atoms with E-state index < -0.39 is 5.54 Å². The van der Waals surface area contributed by atoms with E-state index in [-0.39, 0.29) is 36.0 Å². The molecule has 32 heavy (non-hydrogen) atoms. The number of hydrogen-bond donors (Lipinski definition) is 1. The van der Waals surface area contributed by atoms with E-state index in [0.29, 0.717) is 57.8 Å². The van der Waals surface area contributed by atoms with Crippen LogP contribution in [0.5, 0.6) is 0 Å². The molecule has 0 spiro atoms. The molecule has 4 rings (SSSR count). The van der Waals surface area contributed by atoms with Crippen molar-refractivity contribution in [3.05, 3.63) is 35.6 Å². The second kappa shape index (κ2) is 9.54. The van der Waals surface area contributed by atoms with E-state index in [1.54, 1.807) is 24.0 Å². The van der Waals surface area contributed by atoms with Crippen LogP contribution in [0.3, 0.4) is 0 Å². The molecular weight excluding hydrogens is 415 g/mol. The van der Waals surface area contributed by atoms with Gasteiger partial charge in [0.1, 0.15) is 11.4 Å². The number of nitrogens with one attached hydrogen (secondary N) is 1. The lowest BCUT2D eigenvalue weighted by atomic mass is 9.79. The van der Waals surface area contributed by atoms with Crippen molar-refractivity contribution in [1.82, 2.24) is 20.0 Å². The molecular formula is C23H31FN4O4. The smallest absolute Gasteiger partial charge is 0.325 e. The lowest BCUT2D eigenvalue weighted by Gasteiger charge is -2.39. The largest absolute Gasteiger partial charge is 0.379 e. The van der Waals surface area contributed by atoms with E-state index in [4.69, 9.17) is 4.74 Å². The van der Waals surface area contributed by atoms with Gasteiger partial charge in [-0.2, -0.15) is 0 Å². The molecule has 0 saturated carbocycles. The molecule has 3 saturated heterocycles. The lowest BCUT2D eigenvalue weighted by molar-refractivity contribution is -0.135. The van der Waals surface area contributed by atoms with Crippen LogP contribution in [0.2, 0.25) is 0 Å². The first kappa shape index (κ1) is 22.7. The summed E-state index contributed by atoms with van der Waals surface area (Å²) < 4.78 is 18.7. The van der Waals surface area contributed by atoms with Gasteiger partial charge in [0, 0.05) is 39.3 Å². The van der Waals surface area contributed by atoms with Crippen molar-refractivity contribution in [1.29, 1.82) is 0 Å². The highest BCUT2D eigenvalue weighted by Crippen LogP contribution is 2.33. The van der Waals surface area contributed by atoms with Gasteiger partial charge in [-0.05, 0) is 43.4 Å². The molecule has 1 atom stereocenters. The first-order valence-corrected chi connectivity index (χ1v) is 11.3. The van der Waals surface area contributed by atoms with Crippen molar-refractivity contribution in [3.8, 4) is 0 Å². The molecule has 9 heteroatoms. The minimum absolute atomic E-state index is 0.0365. The summed E-state index contributed by atoms with van der Waals surface area (Å²) in [4.78, 5) is 43.7. The summed E-state index contributed by atoms with van der Waals surface area (Å²) in [6.07, 6.45) is 1.42. The van der Waals surface area contributed by atoms with Crippen molar-refractivity contribution in [2.75, 3.05) is 52.5 Å². The quantitative estimate of drug-likeness (QED) is 0.666. The number of piperidine rings is 1. The number of urea groups is 1. The van der Waals surface area contributed by atoms with E-state index in [1.807, 2.05) is 0 Å². The van der Waals surface area contributed by atoms with Crippen molar-refractivity contribution in [2.24, 2.45) is 5.92 Å². The summed E-state index contributed by atoms with van der Waals surface area (Å²) in [5.41, 5.74) is -0.294. The molecule has 1 aromatic carbocycles. The van der Waals surface area contributed by atoms with Gasteiger partial charge in [0.15, 0.2) is 0 Å². The number of morpholine rings is 1. The Morgan fingerprint density at radius 3 is 2.56 bits per heavy atom. The Morgan fingerprint density at radius 2 is 1.88 bits per heavy atom. The van der Waals surface area contributed by atoms with Crippen LogP contribution in [-0.4, -0.2) is 90.6 Å². The molecule has 0 radical (unpaired) electrons. The molecule has 174 valence electrons. The highest BCUT2D eigenvalue weighted by molar-refractivity contribution is 6.07. The first-order chi connectivity index (χ1) is 15.4. The Kier molecular flexibility index (Phi) is 6.76. The minimum Gasteiger partial charge on any atom is -0.379 e. The zero-order valence-electron chi connectivity index (χ0n) is 18.5. The van der Waals surface area contributed by atoms with Gasteiger partial charge in [-0.15, -0.1) is 0 Å². The van der Waals surface area contributed by atoms with Crippen LogP contribution in [-0.2, 0) is 20.7 Å². The van der Waals surface area contributed by atoms with Crippen molar-refractivity contribution in [3.63, 3.8) is 0 Å². The first-order valence-electron chi connectivity index (χ1n) is 11.3. The van der Waals surface area contributed by atoms with Crippen LogP contribution in [0.15, 0.2) is 24.3 Å². The van der Waals surface area contributed by atoms with Crippen LogP contribution < -0.4 is 5.32 Å².